The fourth-order valence-corrected chi connectivity index (χ4v) is 5.92. The van der Waals surface area contributed by atoms with Crippen LogP contribution in [0.2, 0.25) is 0 Å². The van der Waals surface area contributed by atoms with Gasteiger partial charge in [0.05, 0.1) is 28.1 Å². The number of amides is 2. The molecule has 146 valence electrons. The van der Waals surface area contributed by atoms with Crippen LogP contribution >= 0.6 is 34.4 Å². The number of thiazole rings is 1. The van der Waals surface area contributed by atoms with Gasteiger partial charge in [-0.25, -0.2) is 4.98 Å². The lowest BCUT2D eigenvalue weighted by Gasteiger charge is -2.22. The lowest BCUT2D eigenvalue weighted by molar-refractivity contribution is -0.119. The first kappa shape index (κ1) is 19.6. The summed E-state index contributed by atoms with van der Waals surface area (Å²) in [5.41, 5.74) is 1.82. The van der Waals surface area contributed by atoms with E-state index in [1.807, 2.05) is 30.5 Å². The first-order valence-electron chi connectivity index (χ1n) is 8.78. The quantitative estimate of drug-likeness (QED) is 0.657. The topological polar surface area (TPSA) is 86.1 Å². The predicted octanol–water partition coefficient (Wildman–Crippen LogP) is 4.21. The maximum atomic E-state index is 13.2. The Morgan fingerprint density at radius 3 is 2.76 bits per heavy atom. The van der Waals surface area contributed by atoms with Gasteiger partial charge in [0.1, 0.15) is 15.9 Å². The summed E-state index contributed by atoms with van der Waals surface area (Å²) in [5, 5.41) is 14.5. The molecule has 1 aliphatic heterocycles. The number of aromatic nitrogens is 1. The molecule has 1 aliphatic rings. The highest BCUT2D eigenvalue weighted by Crippen LogP contribution is 2.33. The summed E-state index contributed by atoms with van der Waals surface area (Å²) in [6.45, 7) is 1.83. The highest BCUT2D eigenvalue weighted by atomic mass is 32.2. The number of thioether (sulfide) groups is 1. The zero-order chi connectivity index (χ0) is 20.4. The van der Waals surface area contributed by atoms with Gasteiger partial charge in [-0.15, -0.1) is 34.4 Å². The third-order valence-electron chi connectivity index (χ3n) is 4.45. The summed E-state index contributed by atoms with van der Waals surface area (Å²) < 4.78 is 0. The van der Waals surface area contributed by atoms with Crippen molar-refractivity contribution < 1.29 is 9.59 Å². The Kier molecular flexibility index (Phi) is 5.67. The van der Waals surface area contributed by atoms with E-state index in [2.05, 4.69) is 10.3 Å². The molecule has 6 nitrogen and oxygen atoms in total. The van der Waals surface area contributed by atoms with Crippen LogP contribution in [0.25, 0.3) is 9.88 Å². The van der Waals surface area contributed by atoms with Gasteiger partial charge in [-0.05, 0) is 42.6 Å². The molecular weight excluding hydrogens is 424 g/mol. The van der Waals surface area contributed by atoms with Crippen LogP contribution in [-0.4, -0.2) is 39.4 Å². The molecule has 3 aromatic rings. The summed E-state index contributed by atoms with van der Waals surface area (Å²) in [6.07, 6.45) is 0. The first-order valence-corrected chi connectivity index (χ1v) is 11.6. The van der Waals surface area contributed by atoms with Crippen molar-refractivity contribution in [3.05, 3.63) is 57.9 Å². The zero-order valence-electron chi connectivity index (χ0n) is 15.4. The smallest absolute Gasteiger partial charge is 0.267 e. The number of carbonyl (C=O) groups excluding carboxylic acids is 2. The number of carbonyl (C=O) groups is 2. The van der Waals surface area contributed by atoms with E-state index in [1.165, 1.54) is 11.3 Å². The molecule has 1 saturated heterocycles. The molecule has 1 N–H and O–H groups in total. The third-order valence-corrected chi connectivity index (χ3v) is 7.65. The van der Waals surface area contributed by atoms with Crippen LogP contribution in [0.3, 0.4) is 0 Å². The van der Waals surface area contributed by atoms with Crippen LogP contribution in [-0.2, 0) is 4.79 Å². The number of aryl methyl sites for hydroxylation is 1. The molecule has 0 bridgehead atoms. The maximum absolute atomic E-state index is 13.2. The van der Waals surface area contributed by atoms with Gasteiger partial charge in [-0.3, -0.25) is 9.59 Å². The molecule has 3 heterocycles. The van der Waals surface area contributed by atoms with E-state index in [0.29, 0.717) is 33.5 Å². The monoisotopic (exact) mass is 440 g/mol. The molecule has 2 aromatic heterocycles. The number of nitriles is 1. The number of nitrogens with zero attached hydrogens (tertiary/aromatic N) is 3. The van der Waals surface area contributed by atoms with Gasteiger partial charge in [-0.1, -0.05) is 6.07 Å². The van der Waals surface area contributed by atoms with E-state index in [-0.39, 0.29) is 11.8 Å². The Labute approximate surface area is 180 Å². The summed E-state index contributed by atoms with van der Waals surface area (Å²) >= 11 is 4.51. The molecule has 0 aliphatic carbocycles. The van der Waals surface area contributed by atoms with Crippen molar-refractivity contribution in [2.24, 2.45) is 0 Å². The lowest BCUT2D eigenvalue weighted by atomic mass is 10.2. The van der Waals surface area contributed by atoms with Gasteiger partial charge in [-0.2, -0.15) is 5.26 Å². The van der Waals surface area contributed by atoms with Gasteiger partial charge in [0, 0.05) is 11.4 Å². The molecular formula is C20H16N4O2S3. The number of rotatable bonds is 4. The molecule has 1 aromatic carbocycles. The van der Waals surface area contributed by atoms with Crippen LogP contribution in [0.5, 0.6) is 0 Å². The average Bonchev–Trinajstić information content (AvgIpc) is 3.48. The number of nitrogens with one attached hydrogen (secondary N) is 1. The van der Waals surface area contributed by atoms with E-state index in [4.69, 9.17) is 5.26 Å². The normalized spacial score (nSPS) is 15.9. The Balaban J connectivity index is 1.51. The summed E-state index contributed by atoms with van der Waals surface area (Å²) in [6, 6.07) is 12.1. The number of benzene rings is 1. The standard InChI is InChI=1S/C20H16N4O2S3/c1-12-17(29-19(22-12)16-3-2-8-28-16)20(26)24-11-27-10-15(24)18(25)23-14-6-4-13(9-21)5-7-14/h2-8,15H,10-11H2,1H3,(H,23,25). The van der Waals surface area contributed by atoms with Crippen LogP contribution in [0, 0.1) is 18.3 Å². The van der Waals surface area contributed by atoms with E-state index in [0.717, 1.165) is 9.88 Å². The molecule has 29 heavy (non-hydrogen) atoms. The first-order chi connectivity index (χ1) is 14.1. The molecule has 1 atom stereocenters. The van der Waals surface area contributed by atoms with Crippen molar-refractivity contribution in [3.63, 3.8) is 0 Å². The van der Waals surface area contributed by atoms with Gasteiger partial charge >= 0.3 is 0 Å². The van der Waals surface area contributed by atoms with Crippen LogP contribution in [0.15, 0.2) is 41.8 Å². The van der Waals surface area contributed by atoms with Crippen molar-refractivity contribution in [1.82, 2.24) is 9.88 Å². The predicted molar refractivity (Wildman–Crippen MR) is 117 cm³/mol. The van der Waals surface area contributed by atoms with Gasteiger partial charge < -0.3 is 10.2 Å². The fraction of sp³-hybridized carbons (Fsp3) is 0.200. The van der Waals surface area contributed by atoms with Crippen molar-refractivity contribution in [2.75, 3.05) is 16.9 Å². The second-order valence-electron chi connectivity index (χ2n) is 6.38. The van der Waals surface area contributed by atoms with Crippen molar-refractivity contribution in [1.29, 1.82) is 5.26 Å². The van der Waals surface area contributed by atoms with E-state index in [9.17, 15) is 9.59 Å². The van der Waals surface area contributed by atoms with Crippen LogP contribution in [0.4, 0.5) is 5.69 Å². The minimum absolute atomic E-state index is 0.159. The number of hydrogen-bond donors (Lipinski definition) is 1. The van der Waals surface area contributed by atoms with Gasteiger partial charge in [0.25, 0.3) is 5.91 Å². The maximum Gasteiger partial charge on any atom is 0.267 e. The zero-order valence-corrected chi connectivity index (χ0v) is 17.9. The molecule has 9 heteroatoms. The SMILES string of the molecule is Cc1nc(-c2cccs2)sc1C(=O)N1CSCC1C(=O)Nc1ccc(C#N)cc1. The number of thiophene rings is 1. The second kappa shape index (κ2) is 8.37. The summed E-state index contributed by atoms with van der Waals surface area (Å²) in [4.78, 5) is 33.7. The minimum atomic E-state index is -0.546. The molecule has 4 rings (SSSR count). The van der Waals surface area contributed by atoms with Crippen molar-refractivity contribution >= 4 is 51.9 Å². The van der Waals surface area contributed by atoms with E-state index in [1.54, 1.807) is 52.3 Å². The highest BCUT2D eigenvalue weighted by Gasteiger charge is 2.36. The largest absolute Gasteiger partial charge is 0.324 e. The van der Waals surface area contributed by atoms with E-state index >= 15 is 0 Å². The number of anilines is 1. The summed E-state index contributed by atoms with van der Waals surface area (Å²) in [7, 11) is 0. The molecule has 0 saturated carbocycles. The Hall–Kier alpha value is -2.67. The average molecular weight is 441 g/mol. The third kappa shape index (κ3) is 4.05. The van der Waals surface area contributed by atoms with Gasteiger partial charge in [0.15, 0.2) is 0 Å². The Bertz CT molecular complexity index is 1080. The molecule has 1 unspecified atom stereocenters. The Morgan fingerprint density at radius 1 is 1.28 bits per heavy atom. The fourth-order valence-electron chi connectivity index (χ4n) is 2.94. The highest BCUT2D eigenvalue weighted by molar-refractivity contribution is 7.99. The lowest BCUT2D eigenvalue weighted by Crippen LogP contribution is -2.44. The van der Waals surface area contributed by atoms with Crippen molar-refractivity contribution in [3.8, 4) is 16.0 Å². The van der Waals surface area contributed by atoms with Crippen LogP contribution in [0.1, 0.15) is 20.9 Å². The summed E-state index contributed by atoms with van der Waals surface area (Å²) in [5.74, 6) is 0.626. The Morgan fingerprint density at radius 2 is 2.07 bits per heavy atom. The van der Waals surface area contributed by atoms with Crippen molar-refractivity contribution in [2.45, 2.75) is 13.0 Å². The second-order valence-corrected chi connectivity index (χ2v) is 9.33. The number of hydrogen-bond acceptors (Lipinski definition) is 7. The molecule has 0 spiro atoms. The van der Waals surface area contributed by atoms with Crippen LogP contribution < -0.4 is 5.32 Å². The molecule has 2 amide bonds. The van der Waals surface area contributed by atoms with E-state index < -0.39 is 6.04 Å². The molecule has 1 fully saturated rings. The minimum Gasteiger partial charge on any atom is -0.324 e. The molecule has 0 radical (unpaired) electrons. The van der Waals surface area contributed by atoms with Gasteiger partial charge in [0.2, 0.25) is 5.91 Å².